The maximum atomic E-state index is 12.4. The molecule has 0 spiro atoms. The summed E-state index contributed by atoms with van der Waals surface area (Å²) in [5.74, 6) is 0.666. The number of carbonyl (C=O) groups is 1. The third kappa shape index (κ3) is 6.76. The topological polar surface area (TPSA) is 69.0 Å². The highest BCUT2D eigenvalue weighted by molar-refractivity contribution is 5.92. The molecule has 1 aromatic heterocycles. The first-order valence-corrected chi connectivity index (χ1v) is 13.9. The van der Waals surface area contributed by atoms with Crippen LogP contribution in [0.1, 0.15) is 54.4 Å². The van der Waals surface area contributed by atoms with Gasteiger partial charge in [-0.05, 0) is 104 Å². The number of carbonyl (C=O) groups excluding carboxylic acids is 1. The predicted molar refractivity (Wildman–Crippen MR) is 152 cm³/mol. The predicted octanol–water partition coefficient (Wildman–Crippen LogP) is 5.80. The average molecular weight is 505 g/mol. The molecule has 1 N–H and O–H groups in total. The summed E-state index contributed by atoms with van der Waals surface area (Å²) in [4.78, 5) is 19.6. The van der Waals surface area contributed by atoms with Gasteiger partial charge in [0.1, 0.15) is 0 Å². The van der Waals surface area contributed by atoms with Crippen molar-refractivity contribution in [2.75, 3.05) is 19.6 Å². The highest BCUT2D eigenvalue weighted by Crippen LogP contribution is 2.28. The van der Waals surface area contributed by atoms with E-state index < -0.39 is 0 Å². The van der Waals surface area contributed by atoms with Gasteiger partial charge < -0.3 is 10.2 Å². The SMILES string of the molecule is N#Cc1ccccc1/C=C/C(=O)NC1CCC(CCN2CCc3ccc(-c4ccccn4)cc3CC2)CC1. The van der Waals surface area contributed by atoms with E-state index in [2.05, 4.69) is 45.5 Å². The van der Waals surface area contributed by atoms with Crippen LogP contribution in [0.15, 0.2) is 72.9 Å². The van der Waals surface area contributed by atoms with Gasteiger partial charge in [-0.1, -0.05) is 36.4 Å². The van der Waals surface area contributed by atoms with Crippen LogP contribution in [0.25, 0.3) is 17.3 Å². The molecule has 0 bridgehead atoms. The summed E-state index contributed by atoms with van der Waals surface area (Å²) >= 11 is 0. The van der Waals surface area contributed by atoms with E-state index in [0.717, 1.165) is 62.5 Å². The van der Waals surface area contributed by atoms with Gasteiger partial charge in [0, 0.05) is 37.0 Å². The van der Waals surface area contributed by atoms with E-state index in [1.54, 1.807) is 18.2 Å². The Hall–Kier alpha value is -3.75. The molecule has 5 nitrogen and oxygen atoms in total. The molecule has 1 saturated carbocycles. The molecule has 1 amide bonds. The molecule has 2 heterocycles. The second-order valence-corrected chi connectivity index (χ2v) is 10.6. The van der Waals surface area contributed by atoms with Gasteiger partial charge in [0.25, 0.3) is 0 Å². The van der Waals surface area contributed by atoms with Crippen molar-refractivity contribution in [3.05, 3.63) is 95.2 Å². The summed E-state index contributed by atoms with van der Waals surface area (Å²) in [7, 11) is 0. The Balaban J connectivity index is 1.04. The summed E-state index contributed by atoms with van der Waals surface area (Å²) in [6.07, 6.45) is 13.0. The van der Waals surface area contributed by atoms with Crippen LogP contribution in [0.5, 0.6) is 0 Å². The third-order valence-corrected chi connectivity index (χ3v) is 8.10. The Labute approximate surface area is 226 Å². The Bertz CT molecular complexity index is 1300. The quantitative estimate of drug-likeness (QED) is 0.413. The highest BCUT2D eigenvalue weighted by Gasteiger charge is 2.23. The second-order valence-electron chi connectivity index (χ2n) is 10.6. The second kappa shape index (κ2) is 12.7. The maximum Gasteiger partial charge on any atom is 0.244 e. The van der Waals surface area contributed by atoms with Gasteiger partial charge in [-0.2, -0.15) is 5.26 Å². The maximum absolute atomic E-state index is 12.4. The zero-order valence-corrected chi connectivity index (χ0v) is 22.0. The molecule has 2 aromatic carbocycles. The van der Waals surface area contributed by atoms with E-state index in [0.29, 0.717) is 5.56 Å². The number of aromatic nitrogens is 1. The van der Waals surface area contributed by atoms with E-state index >= 15 is 0 Å². The van der Waals surface area contributed by atoms with Crippen LogP contribution in [0.3, 0.4) is 0 Å². The Morgan fingerprint density at radius 1 is 1.00 bits per heavy atom. The fourth-order valence-corrected chi connectivity index (χ4v) is 5.81. The Morgan fingerprint density at radius 3 is 2.58 bits per heavy atom. The van der Waals surface area contributed by atoms with Crippen LogP contribution in [0, 0.1) is 17.2 Å². The van der Waals surface area contributed by atoms with Gasteiger partial charge >= 0.3 is 0 Å². The number of benzene rings is 2. The lowest BCUT2D eigenvalue weighted by molar-refractivity contribution is -0.117. The van der Waals surface area contributed by atoms with E-state index in [-0.39, 0.29) is 11.9 Å². The highest BCUT2D eigenvalue weighted by atomic mass is 16.1. The molecule has 0 radical (unpaired) electrons. The first-order chi connectivity index (χ1) is 18.7. The largest absolute Gasteiger partial charge is 0.350 e. The summed E-state index contributed by atoms with van der Waals surface area (Å²) < 4.78 is 0. The number of amides is 1. The first kappa shape index (κ1) is 25.9. The smallest absolute Gasteiger partial charge is 0.244 e. The van der Waals surface area contributed by atoms with Gasteiger partial charge in [-0.3, -0.25) is 9.78 Å². The fraction of sp³-hybridized carbons (Fsp3) is 0.364. The molecule has 0 atom stereocenters. The lowest BCUT2D eigenvalue weighted by atomic mass is 9.84. The van der Waals surface area contributed by atoms with Crippen molar-refractivity contribution in [3.63, 3.8) is 0 Å². The van der Waals surface area contributed by atoms with Crippen LogP contribution in [-0.2, 0) is 17.6 Å². The minimum absolute atomic E-state index is 0.0727. The number of fused-ring (bicyclic) bond motifs is 1. The lowest BCUT2D eigenvalue weighted by Crippen LogP contribution is -2.37. The normalized spacial score (nSPS) is 19.9. The average Bonchev–Trinajstić information content (AvgIpc) is 3.18. The Kier molecular flexibility index (Phi) is 8.63. The van der Waals surface area contributed by atoms with Crippen molar-refractivity contribution in [2.24, 2.45) is 5.92 Å². The lowest BCUT2D eigenvalue weighted by Gasteiger charge is -2.30. The van der Waals surface area contributed by atoms with Gasteiger partial charge in [-0.15, -0.1) is 0 Å². The zero-order valence-electron chi connectivity index (χ0n) is 22.0. The molecule has 194 valence electrons. The number of hydrogen-bond donors (Lipinski definition) is 1. The monoisotopic (exact) mass is 504 g/mol. The van der Waals surface area contributed by atoms with Crippen molar-refractivity contribution < 1.29 is 4.79 Å². The zero-order chi connectivity index (χ0) is 26.2. The molecular formula is C33H36N4O. The molecular weight excluding hydrogens is 468 g/mol. The van der Waals surface area contributed by atoms with Gasteiger partial charge in [0.15, 0.2) is 0 Å². The van der Waals surface area contributed by atoms with Crippen LogP contribution in [0.4, 0.5) is 0 Å². The van der Waals surface area contributed by atoms with Crippen molar-refractivity contribution in [1.82, 2.24) is 15.2 Å². The van der Waals surface area contributed by atoms with E-state index in [9.17, 15) is 10.1 Å². The van der Waals surface area contributed by atoms with Crippen LogP contribution in [0.2, 0.25) is 0 Å². The van der Waals surface area contributed by atoms with Gasteiger partial charge in [0.2, 0.25) is 5.91 Å². The van der Waals surface area contributed by atoms with E-state index in [1.807, 2.05) is 36.5 Å². The molecule has 1 aliphatic heterocycles. The molecule has 2 aliphatic rings. The van der Waals surface area contributed by atoms with Gasteiger partial charge in [-0.25, -0.2) is 0 Å². The van der Waals surface area contributed by atoms with Crippen molar-refractivity contribution in [1.29, 1.82) is 5.26 Å². The molecule has 5 heteroatoms. The van der Waals surface area contributed by atoms with E-state index in [1.165, 1.54) is 36.0 Å². The summed E-state index contributed by atoms with van der Waals surface area (Å²) in [5, 5.41) is 12.4. The fourth-order valence-electron chi connectivity index (χ4n) is 5.81. The standard InChI is InChI=1S/C33H36N4O/c34-24-30-6-2-1-5-26(30)12-15-33(38)36-31-13-8-25(9-14-31)16-20-37-21-17-27-10-11-29(23-28(27)18-22-37)32-7-3-4-19-35-32/h1-7,10-12,15,19,23,25,31H,8-9,13-14,16-18,20-22H2,(H,36,38)/b15-12+. The van der Waals surface area contributed by atoms with Crippen LogP contribution >= 0.6 is 0 Å². The van der Waals surface area contributed by atoms with E-state index in [4.69, 9.17) is 0 Å². The van der Waals surface area contributed by atoms with Crippen molar-refractivity contribution in [2.45, 2.75) is 51.0 Å². The van der Waals surface area contributed by atoms with Crippen molar-refractivity contribution in [3.8, 4) is 17.3 Å². The molecule has 3 aromatic rings. The molecule has 38 heavy (non-hydrogen) atoms. The summed E-state index contributed by atoms with van der Waals surface area (Å²) in [6, 6.07) is 22.7. The van der Waals surface area contributed by atoms with Gasteiger partial charge in [0.05, 0.1) is 17.3 Å². The first-order valence-electron chi connectivity index (χ1n) is 13.9. The molecule has 0 unspecified atom stereocenters. The number of nitriles is 1. The third-order valence-electron chi connectivity index (χ3n) is 8.10. The van der Waals surface area contributed by atoms with Crippen LogP contribution in [-0.4, -0.2) is 41.5 Å². The number of nitrogens with one attached hydrogen (secondary N) is 1. The minimum atomic E-state index is -0.0727. The number of pyridine rings is 1. The summed E-state index contributed by atoms with van der Waals surface area (Å²) in [5.41, 5.74) is 6.57. The molecule has 0 saturated heterocycles. The molecule has 1 aliphatic carbocycles. The number of rotatable bonds is 7. The summed E-state index contributed by atoms with van der Waals surface area (Å²) in [6.45, 7) is 3.40. The van der Waals surface area contributed by atoms with Crippen molar-refractivity contribution >= 4 is 12.0 Å². The molecule has 5 rings (SSSR count). The minimum Gasteiger partial charge on any atom is -0.350 e. The number of nitrogens with zero attached hydrogens (tertiary/aromatic N) is 3. The number of hydrogen-bond acceptors (Lipinski definition) is 4. The van der Waals surface area contributed by atoms with Crippen LogP contribution < -0.4 is 5.32 Å². The molecule has 1 fully saturated rings. The Morgan fingerprint density at radius 2 is 1.79 bits per heavy atom.